The predicted octanol–water partition coefficient (Wildman–Crippen LogP) is 2.06. The zero-order chi connectivity index (χ0) is 14.0. The van der Waals surface area contributed by atoms with Gasteiger partial charge in [-0.1, -0.05) is 12.1 Å². The van der Waals surface area contributed by atoms with E-state index >= 15 is 0 Å². The predicted molar refractivity (Wildman–Crippen MR) is 75.7 cm³/mol. The first-order chi connectivity index (χ1) is 9.01. The second kappa shape index (κ2) is 5.47. The minimum Gasteiger partial charge on any atom is -0.394 e. The first-order valence-corrected chi connectivity index (χ1v) is 6.31. The fourth-order valence-corrected chi connectivity index (χ4v) is 1.89. The van der Waals surface area contributed by atoms with Crippen molar-refractivity contribution >= 4 is 0 Å². The van der Waals surface area contributed by atoms with Crippen molar-refractivity contribution < 1.29 is 5.11 Å². The molecule has 19 heavy (non-hydrogen) atoms. The van der Waals surface area contributed by atoms with Crippen molar-refractivity contribution in [2.24, 2.45) is 5.73 Å². The largest absolute Gasteiger partial charge is 0.394 e. The number of nitrogens with zero attached hydrogens (tertiary/aromatic N) is 2. The van der Waals surface area contributed by atoms with Crippen LogP contribution in [0.4, 0.5) is 0 Å². The van der Waals surface area contributed by atoms with Crippen LogP contribution in [0, 0.1) is 20.8 Å². The number of aryl methyl sites for hydroxylation is 3. The SMILES string of the molecule is Cc1cc(-c2ccc(C)c(C)c2)nc(C(N)CO)n1. The molecule has 0 aliphatic carbocycles. The molecule has 2 rings (SSSR count). The standard InChI is InChI=1S/C15H19N3O/c1-9-4-5-12(6-10(9)2)14-7-11(3)17-15(18-14)13(16)8-19/h4-7,13,19H,8,16H2,1-3H3. The molecule has 4 heteroatoms. The first kappa shape index (κ1) is 13.6. The van der Waals surface area contributed by atoms with Gasteiger partial charge in [0, 0.05) is 11.3 Å². The first-order valence-electron chi connectivity index (χ1n) is 6.31. The van der Waals surface area contributed by atoms with Crippen LogP contribution in [0.3, 0.4) is 0 Å². The third kappa shape index (κ3) is 2.97. The van der Waals surface area contributed by atoms with Gasteiger partial charge in [0.15, 0.2) is 0 Å². The van der Waals surface area contributed by atoms with E-state index in [1.54, 1.807) is 0 Å². The van der Waals surface area contributed by atoms with E-state index < -0.39 is 6.04 Å². The van der Waals surface area contributed by atoms with Crippen molar-refractivity contribution in [2.45, 2.75) is 26.8 Å². The Morgan fingerprint density at radius 3 is 2.47 bits per heavy atom. The van der Waals surface area contributed by atoms with Gasteiger partial charge < -0.3 is 10.8 Å². The number of benzene rings is 1. The molecule has 3 N–H and O–H groups in total. The van der Waals surface area contributed by atoms with E-state index in [1.165, 1.54) is 11.1 Å². The molecule has 1 unspecified atom stereocenters. The molecule has 1 aromatic carbocycles. The summed E-state index contributed by atoms with van der Waals surface area (Å²) in [5.41, 5.74) is 11.0. The van der Waals surface area contributed by atoms with Gasteiger partial charge in [-0.15, -0.1) is 0 Å². The van der Waals surface area contributed by atoms with E-state index in [0.717, 1.165) is 17.0 Å². The number of rotatable bonds is 3. The lowest BCUT2D eigenvalue weighted by atomic mass is 10.0. The minimum atomic E-state index is -0.537. The minimum absolute atomic E-state index is 0.157. The van der Waals surface area contributed by atoms with Crippen LogP contribution in [-0.2, 0) is 0 Å². The molecule has 1 heterocycles. The van der Waals surface area contributed by atoms with E-state index in [2.05, 4.69) is 35.9 Å². The summed E-state index contributed by atoms with van der Waals surface area (Å²) in [6.07, 6.45) is 0. The van der Waals surface area contributed by atoms with Gasteiger partial charge in [-0.05, 0) is 44.0 Å². The van der Waals surface area contributed by atoms with Crippen LogP contribution in [0.2, 0.25) is 0 Å². The summed E-state index contributed by atoms with van der Waals surface area (Å²) in [6, 6.07) is 7.61. The summed E-state index contributed by atoms with van der Waals surface area (Å²) < 4.78 is 0. The van der Waals surface area contributed by atoms with Gasteiger partial charge in [0.05, 0.1) is 18.3 Å². The summed E-state index contributed by atoms with van der Waals surface area (Å²) in [4.78, 5) is 8.72. The molecule has 0 aliphatic heterocycles. The highest BCUT2D eigenvalue weighted by Crippen LogP contribution is 2.22. The lowest BCUT2D eigenvalue weighted by Gasteiger charge is -2.11. The molecule has 0 fully saturated rings. The number of nitrogens with two attached hydrogens (primary N) is 1. The van der Waals surface area contributed by atoms with Crippen molar-refractivity contribution in [1.82, 2.24) is 9.97 Å². The van der Waals surface area contributed by atoms with E-state index in [1.807, 2.05) is 19.1 Å². The van der Waals surface area contributed by atoms with Crippen molar-refractivity contribution in [3.8, 4) is 11.3 Å². The van der Waals surface area contributed by atoms with Crippen LogP contribution in [0.5, 0.6) is 0 Å². The van der Waals surface area contributed by atoms with Gasteiger partial charge in [-0.2, -0.15) is 0 Å². The van der Waals surface area contributed by atoms with Gasteiger partial charge in [-0.3, -0.25) is 0 Å². The number of aliphatic hydroxyl groups is 1. The van der Waals surface area contributed by atoms with Crippen molar-refractivity contribution in [1.29, 1.82) is 0 Å². The van der Waals surface area contributed by atoms with Crippen molar-refractivity contribution in [3.05, 3.63) is 46.9 Å². The van der Waals surface area contributed by atoms with Gasteiger partial charge >= 0.3 is 0 Å². The quantitative estimate of drug-likeness (QED) is 0.882. The highest BCUT2D eigenvalue weighted by Gasteiger charge is 2.11. The molecule has 1 aromatic heterocycles. The van der Waals surface area contributed by atoms with Gasteiger partial charge in [0.1, 0.15) is 5.82 Å². The number of hydrogen-bond acceptors (Lipinski definition) is 4. The summed E-state index contributed by atoms with van der Waals surface area (Å²) in [6.45, 7) is 5.90. The highest BCUT2D eigenvalue weighted by atomic mass is 16.3. The molecule has 0 saturated carbocycles. The molecule has 0 aliphatic rings. The lowest BCUT2D eigenvalue weighted by Crippen LogP contribution is -2.18. The van der Waals surface area contributed by atoms with Crippen molar-refractivity contribution in [2.75, 3.05) is 6.61 Å². The van der Waals surface area contributed by atoms with E-state index in [-0.39, 0.29) is 6.61 Å². The van der Waals surface area contributed by atoms with Crippen LogP contribution in [0.25, 0.3) is 11.3 Å². The summed E-state index contributed by atoms with van der Waals surface area (Å²) in [5, 5.41) is 9.12. The maximum atomic E-state index is 9.12. The molecule has 0 radical (unpaired) electrons. The summed E-state index contributed by atoms with van der Waals surface area (Å²) in [7, 11) is 0. The normalized spacial score (nSPS) is 12.5. The summed E-state index contributed by atoms with van der Waals surface area (Å²) >= 11 is 0. The topological polar surface area (TPSA) is 72.0 Å². The lowest BCUT2D eigenvalue weighted by molar-refractivity contribution is 0.263. The third-order valence-corrected chi connectivity index (χ3v) is 3.20. The van der Waals surface area contributed by atoms with Crippen LogP contribution in [-0.4, -0.2) is 21.7 Å². The zero-order valence-corrected chi connectivity index (χ0v) is 11.5. The number of hydrogen-bond donors (Lipinski definition) is 2. The van der Waals surface area contributed by atoms with Crippen LogP contribution >= 0.6 is 0 Å². The molecule has 0 saturated heterocycles. The Bertz CT molecular complexity index is 596. The average Bonchev–Trinajstić information content (AvgIpc) is 2.40. The Morgan fingerprint density at radius 2 is 1.84 bits per heavy atom. The van der Waals surface area contributed by atoms with Crippen LogP contribution < -0.4 is 5.73 Å². The molecule has 2 aromatic rings. The van der Waals surface area contributed by atoms with Gasteiger partial charge in [-0.25, -0.2) is 9.97 Å². The zero-order valence-electron chi connectivity index (χ0n) is 11.5. The fraction of sp³-hybridized carbons (Fsp3) is 0.333. The molecule has 0 bridgehead atoms. The second-order valence-electron chi connectivity index (χ2n) is 4.84. The Balaban J connectivity index is 2.49. The fourth-order valence-electron chi connectivity index (χ4n) is 1.89. The second-order valence-corrected chi connectivity index (χ2v) is 4.84. The molecular weight excluding hydrogens is 238 g/mol. The van der Waals surface area contributed by atoms with E-state index in [9.17, 15) is 0 Å². The molecular formula is C15H19N3O. The highest BCUT2D eigenvalue weighted by molar-refractivity contribution is 5.61. The molecule has 0 spiro atoms. The maximum Gasteiger partial charge on any atom is 0.148 e. The smallest absolute Gasteiger partial charge is 0.148 e. The van der Waals surface area contributed by atoms with Crippen LogP contribution in [0.1, 0.15) is 28.7 Å². The Labute approximate surface area is 113 Å². The van der Waals surface area contributed by atoms with Gasteiger partial charge in [0.2, 0.25) is 0 Å². The van der Waals surface area contributed by atoms with E-state index in [0.29, 0.717) is 5.82 Å². The summed E-state index contributed by atoms with van der Waals surface area (Å²) in [5.74, 6) is 0.482. The monoisotopic (exact) mass is 257 g/mol. The Morgan fingerprint density at radius 1 is 1.11 bits per heavy atom. The maximum absolute atomic E-state index is 9.12. The van der Waals surface area contributed by atoms with Crippen LogP contribution in [0.15, 0.2) is 24.3 Å². The number of aliphatic hydroxyl groups excluding tert-OH is 1. The van der Waals surface area contributed by atoms with Crippen molar-refractivity contribution in [3.63, 3.8) is 0 Å². The molecule has 4 nitrogen and oxygen atoms in total. The third-order valence-electron chi connectivity index (χ3n) is 3.20. The molecule has 0 amide bonds. The van der Waals surface area contributed by atoms with E-state index in [4.69, 9.17) is 10.8 Å². The Hall–Kier alpha value is -1.78. The molecule has 1 atom stereocenters. The van der Waals surface area contributed by atoms with Gasteiger partial charge in [0.25, 0.3) is 0 Å². The molecule has 100 valence electrons. The number of aromatic nitrogens is 2. The Kier molecular flexibility index (Phi) is 3.93. The average molecular weight is 257 g/mol.